The molecule has 2 unspecified atom stereocenters. The summed E-state index contributed by atoms with van der Waals surface area (Å²) in [5, 5.41) is 9.20. The molecule has 2 saturated carbocycles. The third-order valence-corrected chi connectivity index (χ3v) is 3.57. The molecule has 14 heavy (non-hydrogen) atoms. The Hall–Kier alpha value is -1.13. The summed E-state index contributed by atoms with van der Waals surface area (Å²) < 4.78 is 0. The van der Waals surface area contributed by atoms with Crippen LogP contribution >= 0.6 is 0 Å². The molecule has 3 nitrogen and oxygen atoms in total. The van der Waals surface area contributed by atoms with Gasteiger partial charge < -0.3 is 0 Å². The van der Waals surface area contributed by atoms with Crippen LogP contribution in [0.5, 0.6) is 0 Å². The summed E-state index contributed by atoms with van der Waals surface area (Å²) >= 11 is 0. The zero-order chi connectivity index (χ0) is 10.0. The summed E-state index contributed by atoms with van der Waals surface area (Å²) in [5.41, 5.74) is -0.721. The number of hydrogen-bond donors (Lipinski definition) is 0. The first-order chi connectivity index (χ1) is 6.82. The molecule has 2 aliphatic rings. The van der Waals surface area contributed by atoms with Crippen molar-refractivity contribution in [1.82, 2.24) is 0 Å². The second kappa shape index (κ2) is 3.55. The van der Waals surface area contributed by atoms with Crippen LogP contribution in [0, 0.1) is 23.2 Å². The minimum Gasteiger partial charge on any atom is -0.211 e. The van der Waals surface area contributed by atoms with E-state index in [2.05, 4.69) is 11.1 Å². The van der Waals surface area contributed by atoms with E-state index in [0.29, 0.717) is 11.8 Å². The van der Waals surface area contributed by atoms with Crippen LogP contribution in [0.25, 0.3) is 0 Å². The van der Waals surface area contributed by atoms with Gasteiger partial charge in [0.2, 0.25) is 6.08 Å². The smallest absolute Gasteiger partial charge is 0.211 e. The van der Waals surface area contributed by atoms with Crippen molar-refractivity contribution < 1.29 is 4.79 Å². The molecule has 2 atom stereocenters. The Balaban J connectivity index is 2.25. The predicted molar refractivity (Wildman–Crippen MR) is 51.1 cm³/mol. The van der Waals surface area contributed by atoms with Crippen molar-refractivity contribution in [2.75, 3.05) is 0 Å². The van der Waals surface area contributed by atoms with Gasteiger partial charge in [-0.25, -0.2) is 4.79 Å². The normalized spacial score (nSPS) is 36.9. The summed E-state index contributed by atoms with van der Waals surface area (Å²) in [6, 6.07) is 2.26. The molecule has 2 aliphatic carbocycles. The van der Waals surface area contributed by atoms with E-state index in [0.717, 1.165) is 19.3 Å². The van der Waals surface area contributed by atoms with Crippen LogP contribution in [0.4, 0.5) is 0 Å². The van der Waals surface area contributed by atoms with Gasteiger partial charge in [0.05, 0.1) is 6.07 Å². The molecule has 0 N–H and O–H groups in total. The number of hydrogen-bond acceptors (Lipinski definition) is 3. The monoisotopic (exact) mass is 190 g/mol. The first-order valence-electron chi connectivity index (χ1n) is 5.33. The Morgan fingerprint density at radius 3 is 2.64 bits per heavy atom. The molecule has 3 heteroatoms. The van der Waals surface area contributed by atoms with Gasteiger partial charge in [0, 0.05) is 5.92 Å². The summed E-state index contributed by atoms with van der Waals surface area (Å²) in [4.78, 5) is 14.2. The second-order valence-corrected chi connectivity index (χ2v) is 4.43. The van der Waals surface area contributed by atoms with Crippen LogP contribution in [0.3, 0.4) is 0 Å². The Bertz CT molecular complexity index is 310. The van der Waals surface area contributed by atoms with E-state index in [-0.39, 0.29) is 0 Å². The van der Waals surface area contributed by atoms with Crippen LogP contribution in [-0.4, -0.2) is 11.6 Å². The van der Waals surface area contributed by atoms with E-state index in [1.54, 1.807) is 6.08 Å². The fraction of sp³-hybridized carbons (Fsp3) is 0.818. The van der Waals surface area contributed by atoms with Crippen molar-refractivity contribution >= 4 is 6.08 Å². The van der Waals surface area contributed by atoms with Gasteiger partial charge in [0.1, 0.15) is 0 Å². The van der Waals surface area contributed by atoms with Crippen LogP contribution in [0.1, 0.15) is 38.5 Å². The maximum Gasteiger partial charge on any atom is 0.236 e. The summed E-state index contributed by atoms with van der Waals surface area (Å²) in [6.07, 6.45) is 8.02. The van der Waals surface area contributed by atoms with Gasteiger partial charge in [-0.15, -0.1) is 0 Å². The molecule has 0 radical (unpaired) electrons. The molecule has 0 aromatic carbocycles. The maximum atomic E-state index is 10.4. The van der Waals surface area contributed by atoms with Crippen molar-refractivity contribution in [3.05, 3.63) is 0 Å². The second-order valence-electron chi connectivity index (χ2n) is 4.43. The molecule has 2 rings (SSSR count). The van der Waals surface area contributed by atoms with E-state index < -0.39 is 5.54 Å². The lowest BCUT2D eigenvalue weighted by atomic mass is 9.71. The molecular formula is C11H14N2O. The molecule has 0 saturated heterocycles. The van der Waals surface area contributed by atoms with E-state index in [1.165, 1.54) is 19.3 Å². The van der Waals surface area contributed by atoms with Gasteiger partial charge in [-0.1, -0.05) is 6.42 Å². The molecule has 0 aromatic heterocycles. The van der Waals surface area contributed by atoms with Crippen LogP contribution < -0.4 is 0 Å². The van der Waals surface area contributed by atoms with Gasteiger partial charge in [-0.3, -0.25) is 0 Å². The Kier molecular flexibility index (Phi) is 2.39. The maximum absolute atomic E-state index is 10.4. The summed E-state index contributed by atoms with van der Waals surface area (Å²) in [6.45, 7) is 0. The zero-order valence-corrected chi connectivity index (χ0v) is 8.20. The van der Waals surface area contributed by atoms with Crippen molar-refractivity contribution in [2.24, 2.45) is 16.8 Å². The fourth-order valence-corrected chi connectivity index (χ4v) is 2.69. The molecular weight excluding hydrogens is 176 g/mol. The zero-order valence-electron chi connectivity index (χ0n) is 8.20. The summed E-state index contributed by atoms with van der Waals surface area (Å²) in [7, 11) is 0. The van der Waals surface area contributed by atoms with Gasteiger partial charge in [-0.2, -0.15) is 10.3 Å². The molecule has 74 valence electrons. The average Bonchev–Trinajstić information content (AvgIpc) is 3.02. The molecule has 0 aromatic rings. The Morgan fingerprint density at radius 1 is 1.29 bits per heavy atom. The lowest BCUT2D eigenvalue weighted by Gasteiger charge is -2.34. The van der Waals surface area contributed by atoms with Gasteiger partial charge >= 0.3 is 0 Å². The van der Waals surface area contributed by atoms with Crippen molar-refractivity contribution in [2.45, 2.75) is 44.1 Å². The van der Waals surface area contributed by atoms with E-state index in [1.807, 2.05) is 0 Å². The predicted octanol–water partition coefficient (Wildman–Crippen LogP) is 2.18. The van der Waals surface area contributed by atoms with Gasteiger partial charge in [0.25, 0.3) is 0 Å². The Morgan fingerprint density at radius 2 is 2.07 bits per heavy atom. The number of nitriles is 1. The third-order valence-electron chi connectivity index (χ3n) is 3.57. The average molecular weight is 190 g/mol. The van der Waals surface area contributed by atoms with E-state index in [4.69, 9.17) is 0 Å². The highest BCUT2D eigenvalue weighted by Crippen LogP contribution is 2.49. The van der Waals surface area contributed by atoms with Crippen molar-refractivity contribution in [3.63, 3.8) is 0 Å². The van der Waals surface area contributed by atoms with Crippen molar-refractivity contribution in [3.8, 4) is 6.07 Å². The number of nitrogens with zero attached hydrogens (tertiary/aromatic N) is 2. The number of isocyanates is 1. The summed E-state index contributed by atoms with van der Waals surface area (Å²) in [5.74, 6) is 0.967. The van der Waals surface area contributed by atoms with E-state index in [9.17, 15) is 10.1 Å². The highest BCUT2D eigenvalue weighted by Gasteiger charge is 2.48. The number of carbonyl (C=O) groups excluding carboxylic acids is 1. The molecule has 0 spiro atoms. The number of rotatable bonds is 2. The number of aliphatic imine (C=N–C) groups is 1. The quantitative estimate of drug-likeness (QED) is 0.495. The minimum atomic E-state index is -0.721. The minimum absolute atomic E-state index is 0.322. The lowest BCUT2D eigenvalue weighted by molar-refractivity contribution is 0.220. The molecule has 0 bridgehead atoms. The van der Waals surface area contributed by atoms with Gasteiger partial charge in [0.15, 0.2) is 5.54 Å². The highest BCUT2D eigenvalue weighted by atomic mass is 16.1. The molecule has 0 aliphatic heterocycles. The van der Waals surface area contributed by atoms with Crippen LogP contribution in [0.2, 0.25) is 0 Å². The molecule has 2 fully saturated rings. The highest BCUT2D eigenvalue weighted by molar-refractivity contribution is 5.38. The topological polar surface area (TPSA) is 53.2 Å². The molecule has 0 amide bonds. The van der Waals surface area contributed by atoms with Crippen LogP contribution in [0.15, 0.2) is 4.99 Å². The Labute approximate surface area is 83.8 Å². The fourth-order valence-electron chi connectivity index (χ4n) is 2.69. The van der Waals surface area contributed by atoms with Crippen LogP contribution in [-0.2, 0) is 4.79 Å². The largest absolute Gasteiger partial charge is 0.236 e. The van der Waals surface area contributed by atoms with Gasteiger partial charge in [-0.05, 0) is 38.0 Å². The third kappa shape index (κ3) is 1.47. The molecule has 0 heterocycles. The van der Waals surface area contributed by atoms with Crippen molar-refractivity contribution in [1.29, 1.82) is 5.26 Å². The first kappa shape index (κ1) is 9.43. The first-order valence-corrected chi connectivity index (χ1v) is 5.33. The van der Waals surface area contributed by atoms with E-state index >= 15 is 0 Å². The SMILES string of the molecule is N#CC1(N=C=O)CCCCC1C1CC1. The standard InChI is InChI=1S/C11H14N2O/c12-7-11(13-8-14)6-2-1-3-10(11)9-4-5-9/h9-10H,1-6H2. The lowest BCUT2D eigenvalue weighted by Crippen LogP contribution is -2.38.